The maximum absolute atomic E-state index is 13.2. The highest BCUT2D eigenvalue weighted by Crippen LogP contribution is 2.39. The van der Waals surface area contributed by atoms with Crippen molar-refractivity contribution in [1.29, 1.82) is 0 Å². The monoisotopic (exact) mass is 313 g/mol. The first kappa shape index (κ1) is 15.3. The van der Waals surface area contributed by atoms with Gasteiger partial charge in [0, 0.05) is 5.52 Å². The maximum atomic E-state index is 13.2. The first-order valence-corrected chi connectivity index (χ1v) is 6.68. The second-order valence-corrected chi connectivity index (χ2v) is 5.35. The average molecular weight is 313 g/mol. The van der Waals surface area contributed by atoms with Crippen LogP contribution in [0, 0.1) is 0 Å². The number of hydrogen-bond donors (Lipinski definition) is 6. The smallest absolute Gasteiger partial charge is 0.225 e. The number of aromatic nitrogens is 1. The Hall–Kier alpha value is -1.55. The summed E-state index contributed by atoms with van der Waals surface area (Å²) in [5, 5.41) is 50.3. The Bertz CT molecular complexity index is 643. The van der Waals surface area contributed by atoms with Crippen LogP contribution in [0.2, 0.25) is 0 Å². The van der Waals surface area contributed by atoms with Gasteiger partial charge in [-0.3, -0.25) is 0 Å². The van der Waals surface area contributed by atoms with Crippen molar-refractivity contribution < 1.29 is 34.7 Å². The number of aliphatic hydroxyl groups is 5. The third-order valence-electron chi connectivity index (χ3n) is 4.01. The molecule has 0 bridgehead atoms. The zero-order chi connectivity index (χ0) is 16.1. The van der Waals surface area contributed by atoms with Gasteiger partial charge >= 0.3 is 0 Å². The summed E-state index contributed by atoms with van der Waals surface area (Å²) in [6, 6.07) is 8.39. The summed E-state index contributed by atoms with van der Waals surface area (Å²) in [4.78, 5) is 2.81. The summed E-state index contributed by atoms with van der Waals surface area (Å²) in [5.74, 6) is 0. The fraction of sp³-hybridized carbons (Fsp3) is 0.429. The molecule has 6 atom stereocenters. The van der Waals surface area contributed by atoms with Gasteiger partial charge in [0.15, 0.2) is 11.9 Å². The summed E-state index contributed by atoms with van der Waals surface area (Å²) in [7, 11) is 0. The van der Waals surface area contributed by atoms with Crippen molar-refractivity contribution in [2.24, 2.45) is 0 Å². The van der Waals surface area contributed by atoms with Crippen LogP contribution in [0.5, 0.6) is 0 Å². The number of H-pyrrole nitrogens is 1. The molecule has 1 aromatic carbocycles. The van der Waals surface area contributed by atoms with Gasteiger partial charge in [0.05, 0.1) is 5.69 Å². The van der Waals surface area contributed by atoms with Crippen molar-refractivity contribution in [3.8, 4) is 0 Å². The number of halogens is 1. The Morgan fingerprint density at radius 1 is 1.18 bits per heavy atom. The molecule has 2 aromatic rings. The second kappa shape index (κ2) is 5.27. The molecule has 1 fully saturated rings. The van der Waals surface area contributed by atoms with Crippen molar-refractivity contribution in [2.45, 2.75) is 36.6 Å². The molecule has 7 nitrogen and oxygen atoms in total. The zero-order valence-corrected chi connectivity index (χ0v) is 11.3. The molecule has 0 saturated carbocycles. The van der Waals surface area contributed by atoms with E-state index in [-0.39, 0.29) is 5.69 Å². The van der Waals surface area contributed by atoms with Gasteiger partial charge in [0.2, 0.25) is 6.36 Å². The van der Waals surface area contributed by atoms with Crippen LogP contribution >= 0.6 is 0 Å². The van der Waals surface area contributed by atoms with Crippen molar-refractivity contribution in [1.82, 2.24) is 4.98 Å². The molecule has 2 heterocycles. The Morgan fingerprint density at radius 2 is 1.86 bits per heavy atom. The van der Waals surface area contributed by atoms with Gasteiger partial charge in [-0.2, -0.15) is 0 Å². The largest absolute Gasteiger partial charge is 0.387 e. The van der Waals surface area contributed by atoms with Crippen molar-refractivity contribution in [3.63, 3.8) is 0 Å². The van der Waals surface area contributed by atoms with E-state index in [4.69, 9.17) is 5.11 Å². The lowest BCUT2D eigenvalue weighted by Crippen LogP contribution is -2.66. The van der Waals surface area contributed by atoms with Gasteiger partial charge < -0.3 is 35.3 Å². The van der Waals surface area contributed by atoms with Gasteiger partial charge in [-0.25, -0.2) is 4.39 Å². The predicted molar refractivity (Wildman–Crippen MR) is 72.2 cm³/mol. The number of rotatable bonds is 2. The number of para-hydroxylation sites is 1. The molecule has 0 radical (unpaired) electrons. The molecular formula is C14H16FNO6. The molecule has 0 spiro atoms. The third kappa shape index (κ3) is 2.12. The average Bonchev–Trinajstić information content (AvgIpc) is 2.93. The Kier molecular flexibility index (Phi) is 3.68. The van der Waals surface area contributed by atoms with Crippen LogP contribution in [0.15, 0.2) is 30.3 Å². The lowest BCUT2D eigenvalue weighted by molar-refractivity contribution is -0.344. The number of aromatic amines is 1. The number of aliphatic hydroxyl groups excluding tert-OH is 4. The lowest BCUT2D eigenvalue weighted by atomic mass is 9.81. The van der Waals surface area contributed by atoms with Gasteiger partial charge in [-0.05, 0) is 17.5 Å². The topological polar surface area (TPSA) is 126 Å². The quantitative estimate of drug-likeness (QED) is 0.426. The molecular weight excluding hydrogens is 297 g/mol. The van der Waals surface area contributed by atoms with E-state index in [0.29, 0.717) is 10.9 Å². The van der Waals surface area contributed by atoms with E-state index in [1.807, 2.05) is 0 Å². The molecule has 1 aliphatic heterocycles. The molecule has 1 saturated heterocycles. The number of benzene rings is 1. The standard InChI is InChI=1S/C14H16FNO6/c15-12(19)9-10(17)14(21,11(18)13(20)22-9)8-5-6-3-1-2-4-7(6)16-8/h1-5,9-13,16-21H/t9-,10-,11-,12?,13+,14-/m0/s1. The van der Waals surface area contributed by atoms with E-state index in [2.05, 4.69) is 9.72 Å². The molecule has 22 heavy (non-hydrogen) atoms. The van der Waals surface area contributed by atoms with E-state index in [9.17, 15) is 24.8 Å². The molecule has 1 unspecified atom stereocenters. The number of alkyl halides is 1. The minimum atomic E-state index is -2.65. The summed E-state index contributed by atoms with van der Waals surface area (Å²) < 4.78 is 17.8. The summed E-state index contributed by atoms with van der Waals surface area (Å²) >= 11 is 0. The van der Waals surface area contributed by atoms with Gasteiger partial charge in [0.1, 0.15) is 18.3 Å². The molecule has 6 N–H and O–H groups in total. The van der Waals surface area contributed by atoms with Gasteiger partial charge in [0.25, 0.3) is 0 Å². The van der Waals surface area contributed by atoms with E-state index in [1.165, 1.54) is 6.07 Å². The van der Waals surface area contributed by atoms with E-state index in [1.54, 1.807) is 24.3 Å². The van der Waals surface area contributed by atoms with Crippen LogP contribution in [0.25, 0.3) is 10.9 Å². The van der Waals surface area contributed by atoms with Crippen molar-refractivity contribution in [3.05, 3.63) is 36.0 Å². The van der Waals surface area contributed by atoms with Crippen LogP contribution in [0.3, 0.4) is 0 Å². The predicted octanol–water partition coefficient (Wildman–Crippen LogP) is -0.918. The first-order valence-electron chi connectivity index (χ1n) is 6.68. The Balaban J connectivity index is 2.10. The number of fused-ring (bicyclic) bond motifs is 1. The van der Waals surface area contributed by atoms with E-state index >= 15 is 0 Å². The van der Waals surface area contributed by atoms with Crippen LogP contribution in [0.1, 0.15) is 5.69 Å². The maximum Gasteiger partial charge on any atom is 0.225 e. The van der Waals surface area contributed by atoms with Gasteiger partial charge in [-0.15, -0.1) is 0 Å². The van der Waals surface area contributed by atoms with Crippen LogP contribution in [-0.4, -0.2) is 61.5 Å². The normalized spacial score (nSPS) is 37.4. The summed E-state index contributed by atoms with van der Waals surface area (Å²) in [5.41, 5.74) is -1.85. The lowest BCUT2D eigenvalue weighted by Gasteiger charge is -2.46. The Labute approximate surface area is 124 Å². The first-order chi connectivity index (χ1) is 10.4. The van der Waals surface area contributed by atoms with Crippen LogP contribution < -0.4 is 0 Å². The fourth-order valence-electron chi connectivity index (χ4n) is 2.78. The Morgan fingerprint density at radius 3 is 2.50 bits per heavy atom. The van der Waals surface area contributed by atoms with Crippen LogP contribution in [-0.2, 0) is 10.3 Å². The highest BCUT2D eigenvalue weighted by molar-refractivity contribution is 5.80. The SMILES string of the molecule is OC(F)[C@H]1O[C@@H](O)[C@H](O)[C@](O)(c2cc3ccccc3[nH]2)[C@H]1O. The van der Waals surface area contributed by atoms with Gasteiger partial charge in [-0.1, -0.05) is 18.2 Å². The minimum absolute atomic E-state index is 0.0262. The number of nitrogens with one attached hydrogen (secondary N) is 1. The van der Waals surface area contributed by atoms with Crippen LogP contribution in [0.4, 0.5) is 4.39 Å². The molecule has 1 aliphatic rings. The van der Waals surface area contributed by atoms with Crippen molar-refractivity contribution >= 4 is 10.9 Å². The molecule has 3 rings (SSSR count). The summed E-state index contributed by atoms with van der Waals surface area (Å²) in [6.45, 7) is 0. The van der Waals surface area contributed by atoms with E-state index in [0.717, 1.165) is 0 Å². The summed E-state index contributed by atoms with van der Waals surface area (Å²) in [6.07, 6.45) is -10.5. The fourth-order valence-corrected chi connectivity index (χ4v) is 2.78. The van der Waals surface area contributed by atoms with E-state index < -0.39 is 36.6 Å². The highest BCUT2D eigenvalue weighted by Gasteiger charge is 2.58. The minimum Gasteiger partial charge on any atom is -0.387 e. The molecule has 0 aliphatic carbocycles. The molecule has 8 heteroatoms. The van der Waals surface area contributed by atoms with Crippen molar-refractivity contribution in [2.75, 3.05) is 0 Å². The third-order valence-corrected chi connectivity index (χ3v) is 4.01. The number of hydrogen-bond acceptors (Lipinski definition) is 6. The zero-order valence-electron chi connectivity index (χ0n) is 11.3. The number of ether oxygens (including phenoxy) is 1. The molecule has 120 valence electrons. The molecule has 0 amide bonds. The highest BCUT2D eigenvalue weighted by atomic mass is 19.1. The molecule has 1 aromatic heterocycles. The second-order valence-electron chi connectivity index (χ2n) is 5.35.